The molecule has 5 nitrogen and oxygen atoms in total. The highest BCUT2D eigenvalue weighted by atomic mass is 16.5. The van der Waals surface area contributed by atoms with Crippen LogP contribution >= 0.6 is 0 Å². The quantitative estimate of drug-likeness (QED) is 0.849. The highest BCUT2D eigenvalue weighted by Crippen LogP contribution is 2.35. The van der Waals surface area contributed by atoms with Crippen molar-refractivity contribution in [3.63, 3.8) is 0 Å². The summed E-state index contributed by atoms with van der Waals surface area (Å²) in [5, 5.41) is 3.02. The van der Waals surface area contributed by atoms with Crippen LogP contribution in [0.3, 0.4) is 0 Å². The van der Waals surface area contributed by atoms with E-state index in [0.29, 0.717) is 18.0 Å². The van der Waals surface area contributed by atoms with E-state index in [9.17, 15) is 4.79 Å². The lowest BCUT2D eigenvalue weighted by atomic mass is 10.1. The third-order valence-electron chi connectivity index (χ3n) is 2.93. The number of rotatable bonds is 6. The Morgan fingerprint density at radius 3 is 2.53 bits per heavy atom. The smallest absolute Gasteiger partial charge is 0.240 e. The van der Waals surface area contributed by atoms with Gasteiger partial charge in [0.25, 0.3) is 0 Å². The van der Waals surface area contributed by atoms with Gasteiger partial charge in [0.1, 0.15) is 11.5 Å². The highest BCUT2D eigenvalue weighted by Gasteiger charge is 2.18. The van der Waals surface area contributed by atoms with Gasteiger partial charge in [-0.2, -0.15) is 0 Å². The highest BCUT2D eigenvalue weighted by molar-refractivity contribution is 5.96. The van der Waals surface area contributed by atoms with E-state index in [0.717, 1.165) is 17.8 Å². The summed E-state index contributed by atoms with van der Waals surface area (Å²) >= 11 is 0. The molecule has 1 amide bonds. The summed E-state index contributed by atoms with van der Waals surface area (Å²) in [6.45, 7) is 4.96. The van der Waals surface area contributed by atoms with Crippen LogP contribution < -0.4 is 19.7 Å². The summed E-state index contributed by atoms with van der Waals surface area (Å²) in [6, 6.07) is 3.66. The summed E-state index contributed by atoms with van der Waals surface area (Å²) in [5.41, 5.74) is 1.70. The van der Waals surface area contributed by atoms with Gasteiger partial charge in [-0.3, -0.25) is 4.79 Å². The third-order valence-corrected chi connectivity index (χ3v) is 2.93. The second-order valence-corrected chi connectivity index (χ2v) is 4.23. The monoisotopic (exact) mass is 266 g/mol. The molecule has 0 saturated heterocycles. The van der Waals surface area contributed by atoms with E-state index in [-0.39, 0.29) is 5.91 Å². The number of ether oxygens (including phenoxy) is 2. The number of benzene rings is 1. The lowest BCUT2D eigenvalue weighted by Crippen LogP contribution is -2.36. The number of methoxy groups -OCH3 is 2. The fourth-order valence-electron chi connectivity index (χ4n) is 1.89. The number of aryl methyl sites for hydroxylation is 1. The molecule has 5 heteroatoms. The van der Waals surface area contributed by atoms with Crippen molar-refractivity contribution in [1.82, 2.24) is 5.32 Å². The van der Waals surface area contributed by atoms with Crippen LogP contribution in [0.5, 0.6) is 11.5 Å². The van der Waals surface area contributed by atoms with Gasteiger partial charge in [0.05, 0.1) is 26.5 Å². The minimum absolute atomic E-state index is 0.00610. The Kier molecular flexibility index (Phi) is 5.63. The van der Waals surface area contributed by atoms with E-state index in [4.69, 9.17) is 9.47 Å². The summed E-state index contributed by atoms with van der Waals surface area (Å²) in [5.74, 6) is 1.34. The van der Waals surface area contributed by atoms with E-state index >= 15 is 0 Å². The zero-order chi connectivity index (χ0) is 14.4. The van der Waals surface area contributed by atoms with Gasteiger partial charge in [-0.1, -0.05) is 6.92 Å². The molecule has 0 aliphatic heterocycles. The van der Waals surface area contributed by atoms with Gasteiger partial charge in [-0.25, -0.2) is 0 Å². The molecule has 0 bridgehead atoms. The van der Waals surface area contributed by atoms with Crippen molar-refractivity contribution in [2.45, 2.75) is 13.8 Å². The molecule has 1 aromatic carbocycles. The van der Waals surface area contributed by atoms with Crippen LogP contribution in [-0.2, 0) is 4.79 Å². The number of nitrogens with one attached hydrogen (secondary N) is 1. The number of hydrogen-bond donors (Lipinski definition) is 1. The normalized spacial score (nSPS) is 10.2. The van der Waals surface area contributed by atoms with Crippen LogP contribution in [0.4, 0.5) is 5.69 Å². The second-order valence-electron chi connectivity index (χ2n) is 4.23. The van der Waals surface area contributed by atoms with Crippen molar-refractivity contribution in [2.24, 2.45) is 0 Å². The Morgan fingerprint density at radius 2 is 2.00 bits per heavy atom. The van der Waals surface area contributed by atoms with Gasteiger partial charge in [-0.15, -0.1) is 0 Å². The van der Waals surface area contributed by atoms with Crippen molar-refractivity contribution in [3.05, 3.63) is 17.7 Å². The predicted molar refractivity (Wildman–Crippen MR) is 76.2 cm³/mol. The van der Waals surface area contributed by atoms with Crippen molar-refractivity contribution >= 4 is 11.6 Å². The zero-order valence-corrected chi connectivity index (χ0v) is 12.2. The van der Waals surface area contributed by atoms with Crippen LogP contribution in [0, 0.1) is 6.92 Å². The molecule has 106 valence electrons. The van der Waals surface area contributed by atoms with Crippen molar-refractivity contribution in [2.75, 3.05) is 39.3 Å². The molecule has 0 aliphatic rings. The van der Waals surface area contributed by atoms with Crippen LogP contribution in [0.25, 0.3) is 0 Å². The summed E-state index contributed by atoms with van der Waals surface area (Å²) in [7, 11) is 4.94. The van der Waals surface area contributed by atoms with Gasteiger partial charge in [0, 0.05) is 13.1 Å². The molecule has 0 aliphatic carbocycles. The van der Waals surface area contributed by atoms with E-state index in [1.807, 2.05) is 19.9 Å². The Balaban J connectivity index is 3.07. The Labute approximate surface area is 114 Å². The minimum atomic E-state index is -0.00610. The fourth-order valence-corrected chi connectivity index (χ4v) is 1.89. The summed E-state index contributed by atoms with van der Waals surface area (Å²) in [4.78, 5) is 13.7. The zero-order valence-electron chi connectivity index (χ0n) is 12.2. The number of amides is 1. The molecule has 1 aromatic rings. The summed E-state index contributed by atoms with van der Waals surface area (Å²) < 4.78 is 10.6. The number of nitrogens with zero attached hydrogens (tertiary/aromatic N) is 1. The molecular weight excluding hydrogens is 244 g/mol. The lowest BCUT2D eigenvalue weighted by molar-refractivity contribution is -0.117. The molecule has 0 heterocycles. The topological polar surface area (TPSA) is 50.8 Å². The number of anilines is 1. The standard InChI is InChI=1S/C14H22N2O3/c1-6-15-9-13(17)16(3)14-10(2)7-11(18-4)8-12(14)19-5/h7-8,15H,6,9H2,1-5H3. The number of carbonyl (C=O) groups excluding carboxylic acids is 1. The number of hydrogen-bond acceptors (Lipinski definition) is 4. The Morgan fingerprint density at radius 1 is 1.32 bits per heavy atom. The van der Waals surface area contributed by atoms with Crippen molar-refractivity contribution in [1.29, 1.82) is 0 Å². The van der Waals surface area contributed by atoms with E-state index in [1.54, 1.807) is 32.2 Å². The van der Waals surface area contributed by atoms with Gasteiger partial charge in [0.2, 0.25) is 5.91 Å². The first-order valence-corrected chi connectivity index (χ1v) is 6.25. The van der Waals surface area contributed by atoms with E-state index in [1.165, 1.54) is 0 Å². The molecule has 19 heavy (non-hydrogen) atoms. The van der Waals surface area contributed by atoms with Gasteiger partial charge in [0.15, 0.2) is 0 Å². The van der Waals surface area contributed by atoms with E-state index < -0.39 is 0 Å². The molecule has 0 aromatic heterocycles. The van der Waals surface area contributed by atoms with Gasteiger partial charge < -0.3 is 19.7 Å². The first-order chi connectivity index (χ1) is 9.04. The lowest BCUT2D eigenvalue weighted by Gasteiger charge is -2.23. The molecule has 1 rings (SSSR count). The third kappa shape index (κ3) is 3.61. The molecular formula is C14H22N2O3. The molecule has 1 N–H and O–H groups in total. The molecule has 0 fully saturated rings. The van der Waals surface area contributed by atoms with Crippen molar-refractivity contribution < 1.29 is 14.3 Å². The SMILES string of the molecule is CCNCC(=O)N(C)c1c(C)cc(OC)cc1OC. The summed E-state index contributed by atoms with van der Waals surface area (Å²) in [6.07, 6.45) is 0. The Hall–Kier alpha value is -1.75. The molecule has 0 unspecified atom stereocenters. The van der Waals surface area contributed by atoms with Crippen LogP contribution in [-0.4, -0.2) is 40.3 Å². The number of likely N-dealkylation sites (N-methyl/N-ethyl adjacent to an activating group) is 2. The first-order valence-electron chi connectivity index (χ1n) is 6.25. The fraction of sp³-hybridized carbons (Fsp3) is 0.500. The van der Waals surface area contributed by atoms with Crippen LogP contribution in [0.2, 0.25) is 0 Å². The Bertz CT molecular complexity index is 447. The van der Waals surface area contributed by atoms with E-state index in [2.05, 4.69) is 5.32 Å². The largest absolute Gasteiger partial charge is 0.497 e. The average Bonchev–Trinajstić information content (AvgIpc) is 2.42. The van der Waals surface area contributed by atoms with Gasteiger partial charge in [-0.05, 0) is 25.1 Å². The average molecular weight is 266 g/mol. The maximum atomic E-state index is 12.1. The molecule has 0 saturated carbocycles. The van der Waals surface area contributed by atoms with Crippen molar-refractivity contribution in [3.8, 4) is 11.5 Å². The van der Waals surface area contributed by atoms with Crippen LogP contribution in [0.1, 0.15) is 12.5 Å². The molecule has 0 spiro atoms. The predicted octanol–water partition coefficient (Wildman–Crippen LogP) is 1.58. The van der Waals surface area contributed by atoms with Gasteiger partial charge >= 0.3 is 0 Å². The number of carbonyl (C=O) groups is 1. The maximum absolute atomic E-state index is 12.1. The molecule has 0 radical (unpaired) electrons. The van der Waals surface area contributed by atoms with Crippen LogP contribution in [0.15, 0.2) is 12.1 Å². The second kappa shape index (κ2) is 6.99. The minimum Gasteiger partial charge on any atom is -0.497 e. The molecule has 0 atom stereocenters. The first kappa shape index (κ1) is 15.3. The maximum Gasteiger partial charge on any atom is 0.240 e.